The molecule has 0 aromatic carbocycles. The van der Waals surface area contributed by atoms with Gasteiger partial charge in [0.1, 0.15) is 48.3 Å². The number of halogens is 5. The van der Waals surface area contributed by atoms with E-state index in [2.05, 4.69) is 43.9 Å². The Morgan fingerprint density at radius 1 is 0.548 bits per heavy atom. The maximum absolute atomic E-state index is 15.6. The molecule has 592 valence electrons. The van der Waals surface area contributed by atoms with Gasteiger partial charge in [0.2, 0.25) is 70.9 Å². The Labute approximate surface area is 634 Å². The molecule has 3 aliphatic carbocycles. The molecule has 0 aromatic rings. The Morgan fingerprint density at radius 2 is 1.13 bits per heavy atom. The number of nitrogens with zero attached hydrogens (tertiary/aromatic N) is 8. The Balaban J connectivity index is 1.68. The van der Waals surface area contributed by atoms with Crippen LogP contribution in [0.25, 0.3) is 0 Å². The molecule has 0 spiro atoms. The number of likely N-dealkylation sites (tertiary alicyclic amines) is 1. The molecule has 2 heterocycles. The highest BCUT2D eigenvalue weighted by Crippen LogP contribution is 2.37. The summed E-state index contributed by atoms with van der Waals surface area (Å²) < 4.78 is 47.7. The molecule has 5 rings (SSSR count). The van der Waals surface area contributed by atoms with Crippen LogP contribution in [0.4, 0.5) is 13.2 Å². The van der Waals surface area contributed by atoms with Crippen LogP contribution in [0.15, 0.2) is 0 Å². The molecule has 4 unspecified atom stereocenters. The van der Waals surface area contributed by atoms with E-state index in [0.717, 1.165) is 51.7 Å². The molecule has 2 saturated heterocycles. The lowest BCUT2D eigenvalue weighted by molar-refractivity contribution is -0.351. The number of carbonyl (C=O) groups is 12. The van der Waals surface area contributed by atoms with Gasteiger partial charge in [-0.1, -0.05) is 116 Å². The fraction of sp³-hybridized carbons (Fsp3) is 0.838. The summed E-state index contributed by atoms with van der Waals surface area (Å²) in [7, 11) is 9.70. The first-order valence-corrected chi connectivity index (χ1v) is 39.8. The molecule has 30 heteroatoms. The molecule has 12 amide bonds. The zero-order valence-electron chi connectivity index (χ0n) is 64.3. The number of rotatable bonds is 17. The van der Waals surface area contributed by atoms with Crippen molar-refractivity contribution in [2.75, 3.05) is 82.1 Å². The summed E-state index contributed by atoms with van der Waals surface area (Å²) in [5.41, 5.74) is 0. The summed E-state index contributed by atoms with van der Waals surface area (Å²) in [5, 5.41) is 11.5. The van der Waals surface area contributed by atoms with Gasteiger partial charge in [0.05, 0.1) is 32.2 Å². The first kappa shape index (κ1) is 89.0. The zero-order chi connectivity index (χ0) is 77.6. The van der Waals surface area contributed by atoms with Gasteiger partial charge < -0.3 is 60.5 Å². The van der Waals surface area contributed by atoms with Gasteiger partial charge in [-0.15, -0.1) is 24.8 Å². The third-order valence-corrected chi connectivity index (χ3v) is 23.6. The molecule has 5 fully saturated rings. The molecule has 4 N–H and O–H groups in total. The number of alkyl halides is 5. The Kier molecular flexibility index (Phi) is 36.2. The van der Waals surface area contributed by atoms with Crippen LogP contribution in [0.1, 0.15) is 209 Å². The highest BCUT2D eigenvalue weighted by Gasteiger charge is 2.46. The van der Waals surface area contributed by atoms with Crippen molar-refractivity contribution in [2.24, 2.45) is 35.5 Å². The number of carbonyl (C=O) groups excluding carboxylic acids is 12. The topological polar surface area (TPSA) is 288 Å². The summed E-state index contributed by atoms with van der Waals surface area (Å²) in [6.45, 7) is 11.7. The van der Waals surface area contributed by atoms with E-state index in [1.165, 1.54) is 64.0 Å². The van der Waals surface area contributed by atoms with E-state index in [0.29, 0.717) is 83.7 Å². The van der Waals surface area contributed by atoms with Crippen LogP contribution in [-0.4, -0.2) is 262 Å². The number of unbranched alkanes of at least 4 members (excludes halogenated alkanes) is 1. The summed E-state index contributed by atoms with van der Waals surface area (Å²) in [5.74, 6) is -10.6. The van der Waals surface area contributed by atoms with Crippen LogP contribution in [0.5, 0.6) is 0 Å². The van der Waals surface area contributed by atoms with E-state index < -0.39 is 170 Å². The van der Waals surface area contributed by atoms with Crippen molar-refractivity contribution in [3.8, 4) is 0 Å². The SMILES string of the molecule is CCCC[C@@H]1NC(=O)[C@H](CC2CCCC(I)C2)NC(=O)CN(C)C(=O)[C@H](CC2CCC(Cl)CC2)N(C)C(=O)CN(C)C(=O)CN(C)C(=O)[C@H]([C@@H](C)CC)NC(=O)[C@H](CC(C)C)N(C)C(=O)C[C@@H](C(=O)N2CCCCC2)N(C)C(=O)[C@H](CC(C)C)NC(=O)[C@H](CC2CCCCC2OC(F)(F)F)N(C)C1=O. The zero-order valence-corrected chi connectivity index (χ0v) is 67.2. The fourth-order valence-corrected chi connectivity index (χ4v) is 16.7. The number of piperidine rings is 1. The lowest BCUT2D eigenvalue weighted by Gasteiger charge is -2.39. The van der Waals surface area contributed by atoms with Crippen molar-refractivity contribution in [1.82, 2.24) is 60.5 Å². The van der Waals surface area contributed by atoms with Crippen LogP contribution in [0, 0.1) is 35.5 Å². The average Bonchev–Trinajstić information content (AvgIpc) is 0.813. The predicted octanol–water partition coefficient (Wildman–Crippen LogP) is 7.41. The monoisotopic (exact) mass is 1610 g/mol. The predicted molar refractivity (Wildman–Crippen MR) is 398 cm³/mol. The van der Waals surface area contributed by atoms with Gasteiger partial charge in [-0.25, -0.2) is 0 Å². The third kappa shape index (κ3) is 27.0. The van der Waals surface area contributed by atoms with Gasteiger partial charge in [-0.2, -0.15) is 0 Å². The standard InChI is InChI=1S/C74H123ClF3IN12O13/c1-15-17-27-53-69(99)89(13)57(40-50-25-19-20-28-60(50)104-74(76,77)78)67(97)82-55(35-45(3)4)70(100)90(14)59(72(102)91-33-21-18-22-34-91)41-62(93)87(11)56(36-46(5)6)68(98)83-65(47(7)16-2)73(103)86(10)43-63(94)84(8)44-64(95)88(12)58(39-48-29-31-51(75)32-30-48)71(101)85(9)42-61(92)80-54(66(96)81-53)38-49-24-23-26-52(79)37-49/h45-60,65H,15-44H2,1-14H3,(H,80,92)(H,81,96)(H,82,97)(H,83,98)/t47-,48?,49?,50?,51?,52?,53-,54-,55-,56-,57-,58-,59-,60?,65-/m0/s1. The van der Waals surface area contributed by atoms with Gasteiger partial charge in [-0.05, 0) is 145 Å². The lowest BCUT2D eigenvalue weighted by atomic mass is 9.81. The average molecular weight is 1610 g/mol. The highest BCUT2D eigenvalue weighted by molar-refractivity contribution is 14.1. The Bertz CT molecular complexity index is 2910. The van der Waals surface area contributed by atoms with Gasteiger partial charge >= 0.3 is 6.36 Å². The van der Waals surface area contributed by atoms with Crippen molar-refractivity contribution in [3.05, 3.63) is 0 Å². The second-order valence-corrected chi connectivity index (χ2v) is 33.7. The normalized spacial score (nSPS) is 30.2. The molecule has 5 aliphatic rings. The van der Waals surface area contributed by atoms with E-state index in [-0.39, 0.29) is 84.3 Å². The molecule has 3 saturated carbocycles. The van der Waals surface area contributed by atoms with Gasteiger partial charge in [0, 0.05) is 71.7 Å². The lowest BCUT2D eigenvalue weighted by Crippen LogP contribution is -2.61. The van der Waals surface area contributed by atoms with Crippen molar-refractivity contribution in [2.45, 2.75) is 279 Å². The molecule has 25 nitrogen and oxygen atoms in total. The second-order valence-electron chi connectivity index (χ2n) is 31.3. The molecule has 104 heavy (non-hydrogen) atoms. The van der Waals surface area contributed by atoms with Crippen molar-refractivity contribution >= 4 is 105 Å². The van der Waals surface area contributed by atoms with Crippen molar-refractivity contribution in [3.63, 3.8) is 0 Å². The number of ether oxygens (including phenoxy) is 1. The number of amides is 12. The molecule has 2 aliphatic heterocycles. The largest absolute Gasteiger partial charge is 0.522 e. The van der Waals surface area contributed by atoms with Crippen molar-refractivity contribution < 1.29 is 75.4 Å². The van der Waals surface area contributed by atoms with Crippen LogP contribution >= 0.6 is 34.2 Å². The molecular formula is C74H123ClF3IN12O13. The van der Waals surface area contributed by atoms with E-state index in [1.54, 1.807) is 25.7 Å². The van der Waals surface area contributed by atoms with E-state index >= 15 is 28.8 Å². The highest BCUT2D eigenvalue weighted by atomic mass is 127. The Morgan fingerprint density at radius 3 is 1.74 bits per heavy atom. The van der Waals surface area contributed by atoms with E-state index in [9.17, 15) is 41.9 Å². The quantitative estimate of drug-likeness (QED) is 0.0816. The summed E-state index contributed by atoms with van der Waals surface area (Å²) in [6, 6.07) is -10.8. The van der Waals surface area contributed by atoms with Gasteiger partial charge in [0.25, 0.3) is 0 Å². The third-order valence-electron chi connectivity index (χ3n) is 22.0. The van der Waals surface area contributed by atoms with Gasteiger partial charge in [-0.3, -0.25) is 62.3 Å². The molecular weight excluding hydrogens is 1480 g/mol. The first-order chi connectivity index (χ1) is 48.9. The fourth-order valence-electron chi connectivity index (χ4n) is 15.3. The molecule has 0 bridgehead atoms. The minimum atomic E-state index is -5.05. The summed E-state index contributed by atoms with van der Waals surface area (Å²) in [6.07, 6.45) is 3.32. The maximum atomic E-state index is 15.6. The van der Waals surface area contributed by atoms with E-state index in [1.807, 2.05) is 27.7 Å². The van der Waals surface area contributed by atoms with Crippen LogP contribution in [0.2, 0.25) is 0 Å². The number of likely N-dealkylation sites (N-methyl/N-ethyl adjacent to an activating group) is 7. The van der Waals surface area contributed by atoms with E-state index in [4.69, 9.17) is 16.3 Å². The number of hydrogen-bond acceptors (Lipinski definition) is 13. The van der Waals surface area contributed by atoms with Crippen LogP contribution in [0.3, 0.4) is 0 Å². The Hall–Kier alpha value is -5.59. The van der Waals surface area contributed by atoms with Gasteiger partial charge in [0.15, 0.2) is 0 Å². The summed E-state index contributed by atoms with van der Waals surface area (Å²) in [4.78, 5) is 189. The smallest absolute Gasteiger partial charge is 0.343 e. The summed E-state index contributed by atoms with van der Waals surface area (Å²) >= 11 is 8.90. The molecule has 0 aromatic heterocycles. The van der Waals surface area contributed by atoms with Crippen LogP contribution < -0.4 is 21.3 Å². The van der Waals surface area contributed by atoms with Crippen LogP contribution in [-0.2, 0) is 62.3 Å². The second kappa shape index (κ2) is 42.2. The minimum Gasteiger partial charge on any atom is -0.343 e. The molecule has 13 atom stereocenters. The van der Waals surface area contributed by atoms with Crippen molar-refractivity contribution in [1.29, 1.82) is 0 Å². The molecule has 0 radical (unpaired) electrons. The number of nitrogens with one attached hydrogen (secondary N) is 4. The first-order valence-electron chi connectivity index (χ1n) is 38.2. The minimum absolute atomic E-state index is 0.00576. The maximum Gasteiger partial charge on any atom is 0.522 e. The number of hydrogen-bond donors (Lipinski definition) is 4.